The molecule has 2 aromatic rings. The van der Waals surface area contributed by atoms with E-state index in [-0.39, 0.29) is 11.7 Å². The van der Waals surface area contributed by atoms with E-state index in [9.17, 15) is 4.79 Å². The number of nitrogens with zero attached hydrogens (tertiary/aromatic N) is 2. The van der Waals surface area contributed by atoms with Crippen molar-refractivity contribution < 1.29 is 4.79 Å². The number of nitriles is 1. The molecule has 0 radical (unpaired) electrons. The number of hydrogen-bond donors (Lipinski definition) is 1. The topological polar surface area (TPSA) is 65.8 Å². The summed E-state index contributed by atoms with van der Waals surface area (Å²) in [5.41, 5.74) is 3.31. The maximum atomic E-state index is 11.8. The average Bonchev–Trinajstić information content (AvgIpc) is 2.89. The van der Waals surface area contributed by atoms with Gasteiger partial charge in [-0.1, -0.05) is 37.6 Å². The van der Waals surface area contributed by atoms with Crippen LogP contribution in [-0.2, 0) is 11.2 Å². The number of carbonyl (C=O) groups is 1. The summed E-state index contributed by atoms with van der Waals surface area (Å²) < 4.78 is 0. The first-order valence-corrected chi connectivity index (χ1v) is 9.42. The molecular weight excluding hydrogens is 326 g/mol. The Labute approximate surface area is 144 Å². The Bertz CT molecular complexity index is 702. The van der Waals surface area contributed by atoms with E-state index in [1.165, 1.54) is 28.7 Å². The zero-order valence-corrected chi connectivity index (χ0v) is 14.9. The van der Waals surface area contributed by atoms with Crippen LogP contribution in [0, 0.1) is 18.3 Å². The highest BCUT2D eigenvalue weighted by atomic mass is 32.2. The molecule has 0 spiro atoms. The zero-order chi connectivity index (χ0) is 16.7. The van der Waals surface area contributed by atoms with E-state index in [0.29, 0.717) is 10.9 Å². The Balaban J connectivity index is 2.05. The molecule has 120 valence electrons. The van der Waals surface area contributed by atoms with Gasteiger partial charge in [-0.15, -0.1) is 23.1 Å². The fraction of sp³-hybridized carbons (Fsp3) is 0.353. The van der Waals surface area contributed by atoms with Gasteiger partial charge in [0.1, 0.15) is 0 Å². The van der Waals surface area contributed by atoms with Crippen LogP contribution in [0.15, 0.2) is 24.3 Å². The number of aryl methyl sites for hydroxylation is 2. The number of nitrogens with one attached hydrogen (secondary N) is 1. The number of thioether (sulfide) groups is 1. The van der Waals surface area contributed by atoms with Gasteiger partial charge in [-0.2, -0.15) is 5.26 Å². The molecule has 0 aliphatic rings. The molecule has 0 unspecified atom stereocenters. The van der Waals surface area contributed by atoms with Crippen LogP contribution in [0.1, 0.15) is 23.8 Å². The van der Waals surface area contributed by atoms with Crippen LogP contribution in [0.3, 0.4) is 0 Å². The maximum Gasteiger partial charge on any atom is 0.236 e. The first-order chi connectivity index (χ1) is 11.1. The van der Waals surface area contributed by atoms with Crippen molar-refractivity contribution in [1.29, 1.82) is 5.26 Å². The van der Waals surface area contributed by atoms with Crippen molar-refractivity contribution in [1.82, 2.24) is 4.98 Å². The van der Waals surface area contributed by atoms with E-state index in [0.717, 1.165) is 29.0 Å². The third-order valence-electron chi connectivity index (χ3n) is 3.21. The lowest BCUT2D eigenvalue weighted by molar-refractivity contribution is -0.113. The number of benzene rings is 1. The number of aromatic nitrogens is 1. The molecule has 1 amide bonds. The fourth-order valence-corrected chi connectivity index (χ4v) is 3.48. The monoisotopic (exact) mass is 345 g/mol. The summed E-state index contributed by atoms with van der Waals surface area (Å²) in [4.78, 5) is 17.4. The molecule has 0 fully saturated rings. The largest absolute Gasteiger partial charge is 0.301 e. The highest BCUT2D eigenvalue weighted by molar-refractivity contribution is 8.00. The number of hydrogen-bond acceptors (Lipinski definition) is 5. The van der Waals surface area contributed by atoms with Gasteiger partial charge in [-0.05, 0) is 18.9 Å². The molecule has 1 aromatic carbocycles. The summed E-state index contributed by atoms with van der Waals surface area (Å²) in [6.45, 7) is 4.18. The van der Waals surface area contributed by atoms with Crippen LogP contribution in [0.5, 0.6) is 0 Å². The molecule has 4 nitrogen and oxygen atoms in total. The molecule has 0 atom stereocenters. The van der Waals surface area contributed by atoms with Crippen molar-refractivity contribution in [3.63, 3.8) is 0 Å². The van der Waals surface area contributed by atoms with Gasteiger partial charge < -0.3 is 5.32 Å². The van der Waals surface area contributed by atoms with E-state index in [2.05, 4.69) is 41.5 Å². The molecule has 2 rings (SSSR count). The molecule has 23 heavy (non-hydrogen) atoms. The maximum absolute atomic E-state index is 11.8. The Morgan fingerprint density at radius 1 is 1.39 bits per heavy atom. The SMILES string of the molecule is CCCc1ccc(-c2nc(NC(=O)CSCC#N)sc2C)cc1. The fourth-order valence-electron chi connectivity index (χ4n) is 2.18. The minimum Gasteiger partial charge on any atom is -0.301 e. The van der Waals surface area contributed by atoms with Crippen LogP contribution in [0.2, 0.25) is 0 Å². The molecule has 0 aliphatic heterocycles. The van der Waals surface area contributed by atoms with Crippen LogP contribution < -0.4 is 5.32 Å². The van der Waals surface area contributed by atoms with Crippen LogP contribution in [0.25, 0.3) is 11.3 Å². The van der Waals surface area contributed by atoms with E-state index in [1.54, 1.807) is 0 Å². The molecular formula is C17H19N3OS2. The minimum absolute atomic E-state index is 0.121. The van der Waals surface area contributed by atoms with Gasteiger partial charge in [0, 0.05) is 10.4 Å². The van der Waals surface area contributed by atoms with Crippen molar-refractivity contribution in [2.24, 2.45) is 0 Å². The Kier molecular flexibility index (Phi) is 6.63. The average molecular weight is 345 g/mol. The van der Waals surface area contributed by atoms with E-state index in [4.69, 9.17) is 5.26 Å². The Morgan fingerprint density at radius 3 is 2.78 bits per heavy atom. The number of amides is 1. The normalized spacial score (nSPS) is 10.3. The second-order valence-corrected chi connectivity index (χ2v) is 7.26. The molecule has 0 aliphatic carbocycles. The lowest BCUT2D eigenvalue weighted by Gasteiger charge is -2.02. The van der Waals surface area contributed by atoms with E-state index in [1.807, 2.05) is 13.0 Å². The molecule has 0 saturated heterocycles. The van der Waals surface area contributed by atoms with Crippen LogP contribution in [0.4, 0.5) is 5.13 Å². The van der Waals surface area contributed by atoms with Crippen molar-refractivity contribution in [2.45, 2.75) is 26.7 Å². The summed E-state index contributed by atoms with van der Waals surface area (Å²) in [6.07, 6.45) is 2.22. The third kappa shape index (κ3) is 5.08. The van der Waals surface area contributed by atoms with E-state index >= 15 is 0 Å². The van der Waals surface area contributed by atoms with Crippen LogP contribution >= 0.6 is 23.1 Å². The third-order valence-corrected chi connectivity index (χ3v) is 4.89. The number of rotatable bonds is 7. The summed E-state index contributed by atoms with van der Waals surface area (Å²) in [6, 6.07) is 10.4. The van der Waals surface area contributed by atoms with Gasteiger partial charge in [-0.3, -0.25) is 4.79 Å². The standard InChI is InChI=1S/C17H19N3OS2/c1-3-4-13-5-7-14(8-6-13)16-12(2)23-17(20-16)19-15(21)11-22-10-9-18/h5-8H,3-4,10-11H2,1-2H3,(H,19,20,21). The molecule has 1 N–H and O–H groups in total. The van der Waals surface area contributed by atoms with Crippen molar-refractivity contribution in [2.75, 3.05) is 16.8 Å². The minimum atomic E-state index is -0.121. The van der Waals surface area contributed by atoms with Gasteiger partial charge in [0.05, 0.1) is 23.3 Å². The summed E-state index contributed by atoms with van der Waals surface area (Å²) >= 11 is 2.77. The summed E-state index contributed by atoms with van der Waals surface area (Å²) in [5, 5.41) is 11.9. The van der Waals surface area contributed by atoms with Crippen LogP contribution in [-0.4, -0.2) is 22.4 Å². The highest BCUT2D eigenvalue weighted by Crippen LogP contribution is 2.30. The Morgan fingerprint density at radius 2 is 2.13 bits per heavy atom. The number of carbonyl (C=O) groups excluding carboxylic acids is 1. The van der Waals surface area contributed by atoms with Gasteiger partial charge in [0.2, 0.25) is 5.91 Å². The predicted octanol–water partition coefficient (Wildman–Crippen LogP) is 4.27. The predicted molar refractivity (Wildman–Crippen MR) is 97.8 cm³/mol. The summed E-state index contributed by atoms with van der Waals surface area (Å²) in [7, 11) is 0. The molecule has 1 heterocycles. The smallest absolute Gasteiger partial charge is 0.236 e. The number of anilines is 1. The molecule has 6 heteroatoms. The summed E-state index contributed by atoms with van der Waals surface area (Å²) in [5.74, 6) is 0.469. The Hall–Kier alpha value is -1.84. The highest BCUT2D eigenvalue weighted by Gasteiger charge is 2.12. The van der Waals surface area contributed by atoms with Gasteiger partial charge in [-0.25, -0.2) is 4.98 Å². The molecule has 0 bridgehead atoms. The lowest BCUT2D eigenvalue weighted by atomic mass is 10.1. The van der Waals surface area contributed by atoms with Gasteiger partial charge in [0.15, 0.2) is 5.13 Å². The first-order valence-electron chi connectivity index (χ1n) is 7.45. The van der Waals surface area contributed by atoms with Gasteiger partial charge in [0.25, 0.3) is 0 Å². The van der Waals surface area contributed by atoms with Crippen molar-refractivity contribution >= 4 is 34.1 Å². The van der Waals surface area contributed by atoms with Gasteiger partial charge >= 0.3 is 0 Å². The van der Waals surface area contributed by atoms with Crippen molar-refractivity contribution in [3.8, 4) is 17.3 Å². The van der Waals surface area contributed by atoms with Crippen molar-refractivity contribution in [3.05, 3.63) is 34.7 Å². The lowest BCUT2D eigenvalue weighted by Crippen LogP contribution is -2.14. The molecule has 1 aromatic heterocycles. The zero-order valence-electron chi connectivity index (χ0n) is 13.3. The second-order valence-electron chi connectivity index (χ2n) is 5.07. The quantitative estimate of drug-likeness (QED) is 0.761. The number of thiazole rings is 1. The van der Waals surface area contributed by atoms with E-state index < -0.39 is 0 Å². The molecule has 0 saturated carbocycles. The first kappa shape index (κ1) is 17.5. The second kappa shape index (κ2) is 8.70.